The van der Waals surface area contributed by atoms with Gasteiger partial charge in [0.15, 0.2) is 5.11 Å². The van der Waals surface area contributed by atoms with Crippen LogP contribution < -0.4 is 5.32 Å². The van der Waals surface area contributed by atoms with Gasteiger partial charge in [0.25, 0.3) is 5.91 Å². The quantitative estimate of drug-likeness (QED) is 0.694. The largest absolute Gasteiger partial charge is 0.467 e. The first-order valence-electron chi connectivity index (χ1n) is 6.07. The molecule has 0 bridgehead atoms. The summed E-state index contributed by atoms with van der Waals surface area (Å²) in [6.07, 6.45) is 3.21. The van der Waals surface area contributed by atoms with Crippen LogP contribution in [0.3, 0.4) is 0 Å². The zero-order valence-corrected chi connectivity index (χ0v) is 11.6. The van der Waals surface area contributed by atoms with Gasteiger partial charge in [-0.1, -0.05) is 0 Å². The summed E-state index contributed by atoms with van der Waals surface area (Å²) in [4.78, 5) is 13.7. The van der Waals surface area contributed by atoms with Crippen molar-refractivity contribution in [2.24, 2.45) is 0 Å². The van der Waals surface area contributed by atoms with E-state index in [1.54, 1.807) is 30.5 Å². The Morgan fingerprint density at radius 1 is 1.40 bits per heavy atom. The molecule has 1 amide bonds. The molecule has 0 atom stereocenters. The maximum absolute atomic E-state index is 12.3. The average Bonchev–Trinajstić information content (AvgIpc) is 3.10. The van der Waals surface area contributed by atoms with Gasteiger partial charge >= 0.3 is 0 Å². The lowest BCUT2D eigenvalue weighted by atomic mass is 10.3. The van der Waals surface area contributed by atoms with Crippen LogP contribution in [-0.4, -0.2) is 15.9 Å². The summed E-state index contributed by atoms with van der Waals surface area (Å²) in [6, 6.07) is 7.21. The molecular formula is C14H12N2O3S. The number of aryl methyl sites for hydroxylation is 1. The van der Waals surface area contributed by atoms with Gasteiger partial charge in [-0.3, -0.25) is 9.69 Å². The third-order valence-corrected chi connectivity index (χ3v) is 3.23. The van der Waals surface area contributed by atoms with Gasteiger partial charge in [0.05, 0.1) is 12.8 Å². The lowest BCUT2D eigenvalue weighted by molar-refractivity contribution is -0.122. The minimum absolute atomic E-state index is 0.194. The summed E-state index contributed by atoms with van der Waals surface area (Å²) in [7, 11) is 0. The minimum Gasteiger partial charge on any atom is -0.467 e. The molecule has 6 heteroatoms. The number of nitrogens with zero attached hydrogens (tertiary/aromatic N) is 1. The van der Waals surface area contributed by atoms with Crippen molar-refractivity contribution in [3.05, 3.63) is 53.5 Å². The highest BCUT2D eigenvalue weighted by Gasteiger charge is 2.31. The van der Waals surface area contributed by atoms with Gasteiger partial charge in [-0.15, -0.1) is 0 Å². The fourth-order valence-electron chi connectivity index (χ4n) is 1.95. The molecular weight excluding hydrogens is 276 g/mol. The first kappa shape index (κ1) is 12.7. The van der Waals surface area contributed by atoms with E-state index < -0.39 is 0 Å². The number of carbonyl (C=O) groups excluding carboxylic acids is 1. The lowest BCUT2D eigenvalue weighted by Crippen LogP contribution is -2.29. The summed E-state index contributed by atoms with van der Waals surface area (Å²) < 4.78 is 10.7. The van der Waals surface area contributed by atoms with Crippen LogP contribution in [0.2, 0.25) is 0 Å². The van der Waals surface area contributed by atoms with Crippen molar-refractivity contribution < 1.29 is 13.6 Å². The summed E-state index contributed by atoms with van der Waals surface area (Å²) >= 11 is 5.17. The predicted octanol–water partition coefficient (Wildman–Crippen LogP) is 2.44. The highest BCUT2D eigenvalue weighted by atomic mass is 32.1. The number of furan rings is 2. The lowest BCUT2D eigenvalue weighted by Gasteiger charge is -2.11. The summed E-state index contributed by atoms with van der Waals surface area (Å²) in [5, 5.41) is 3.25. The molecule has 0 aliphatic carbocycles. The van der Waals surface area contributed by atoms with Crippen LogP contribution in [-0.2, 0) is 11.3 Å². The third kappa shape index (κ3) is 2.37. The van der Waals surface area contributed by atoms with Crippen LogP contribution in [0.1, 0.15) is 17.3 Å². The molecule has 0 saturated carbocycles. The van der Waals surface area contributed by atoms with Crippen molar-refractivity contribution in [3.63, 3.8) is 0 Å². The van der Waals surface area contributed by atoms with E-state index in [0.29, 0.717) is 28.9 Å². The zero-order chi connectivity index (χ0) is 14.1. The molecule has 2 aromatic heterocycles. The van der Waals surface area contributed by atoms with Crippen LogP contribution in [0.5, 0.6) is 0 Å². The minimum atomic E-state index is -0.194. The molecule has 3 rings (SSSR count). The van der Waals surface area contributed by atoms with Crippen molar-refractivity contribution in [2.75, 3.05) is 0 Å². The predicted molar refractivity (Wildman–Crippen MR) is 76.4 cm³/mol. The van der Waals surface area contributed by atoms with E-state index in [9.17, 15) is 4.79 Å². The van der Waals surface area contributed by atoms with E-state index in [1.165, 1.54) is 4.90 Å². The average molecular weight is 288 g/mol. The number of hydrogen-bond donors (Lipinski definition) is 1. The second-order valence-corrected chi connectivity index (χ2v) is 4.79. The highest BCUT2D eigenvalue weighted by Crippen LogP contribution is 2.18. The van der Waals surface area contributed by atoms with E-state index in [0.717, 1.165) is 5.76 Å². The second-order valence-electron chi connectivity index (χ2n) is 4.41. The Morgan fingerprint density at radius 3 is 2.90 bits per heavy atom. The van der Waals surface area contributed by atoms with Crippen LogP contribution in [0.25, 0.3) is 6.08 Å². The fourth-order valence-corrected chi connectivity index (χ4v) is 2.20. The van der Waals surface area contributed by atoms with Crippen molar-refractivity contribution in [2.45, 2.75) is 13.5 Å². The van der Waals surface area contributed by atoms with Crippen LogP contribution in [0, 0.1) is 6.92 Å². The molecule has 0 spiro atoms. The van der Waals surface area contributed by atoms with Crippen molar-refractivity contribution in [1.29, 1.82) is 0 Å². The molecule has 1 saturated heterocycles. The van der Waals surface area contributed by atoms with E-state index in [1.807, 2.05) is 13.0 Å². The number of amides is 1. The standard InChI is InChI=1S/C14H12N2O3S/c1-9-4-5-10(19-9)7-12-13(17)16(14(20)15-12)8-11-3-2-6-18-11/h2-7H,8H2,1H3,(H,15,20). The summed E-state index contributed by atoms with van der Waals surface area (Å²) in [5.41, 5.74) is 0.399. The molecule has 1 aliphatic heterocycles. The molecule has 1 aliphatic rings. The monoisotopic (exact) mass is 288 g/mol. The van der Waals surface area contributed by atoms with Crippen molar-refractivity contribution in [3.8, 4) is 0 Å². The van der Waals surface area contributed by atoms with Gasteiger partial charge in [0.1, 0.15) is 23.0 Å². The van der Waals surface area contributed by atoms with E-state index in [2.05, 4.69) is 5.32 Å². The third-order valence-electron chi connectivity index (χ3n) is 2.90. The number of hydrogen-bond acceptors (Lipinski definition) is 4. The Labute approximate surface area is 120 Å². The molecule has 102 valence electrons. The van der Waals surface area contributed by atoms with E-state index >= 15 is 0 Å². The number of nitrogens with one attached hydrogen (secondary N) is 1. The molecule has 1 N–H and O–H groups in total. The maximum atomic E-state index is 12.3. The maximum Gasteiger partial charge on any atom is 0.277 e. The Kier molecular flexibility index (Phi) is 3.15. The van der Waals surface area contributed by atoms with E-state index in [-0.39, 0.29) is 5.91 Å². The van der Waals surface area contributed by atoms with Gasteiger partial charge < -0.3 is 14.2 Å². The normalized spacial score (nSPS) is 17.1. The highest BCUT2D eigenvalue weighted by molar-refractivity contribution is 7.80. The Morgan fingerprint density at radius 2 is 2.25 bits per heavy atom. The molecule has 20 heavy (non-hydrogen) atoms. The van der Waals surface area contributed by atoms with Crippen molar-refractivity contribution >= 4 is 29.3 Å². The molecule has 1 fully saturated rings. The Bertz CT molecular complexity index is 685. The molecule has 2 aromatic rings. The summed E-state index contributed by atoms with van der Waals surface area (Å²) in [6.45, 7) is 2.16. The number of carbonyl (C=O) groups is 1. The van der Waals surface area contributed by atoms with Crippen LogP contribution in [0.15, 0.2) is 45.1 Å². The second kappa shape index (κ2) is 4.97. The molecule has 0 unspecified atom stereocenters. The van der Waals surface area contributed by atoms with E-state index in [4.69, 9.17) is 21.1 Å². The number of rotatable bonds is 3. The zero-order valence-electron chi connectivity index (χ0n) is 10.8. The van der Waals surface area contributed by atoms with Crippen LogP contribution >= 0.6 is 12.2 Å². The van der Waals surface area contributed by atoms with Gasteiger partial charge in [-0.2, -0.15) is 0 Å². The SMILES string of the molecule is Cc1ccc(C=C2NC(=S)N(Cc3ccco3)C2=O)o1. The molecule has 0 aromatic carbocycles. The fraction of sp³-hybridized carbons (Fsp3) is 0.143. The Hall–Kier alpha value is -2.34. The van der Waals surface area contributed by atoms with Crippen LogP contribution in [0.4, 0.5) is 0 Å². The Balaban J connectivity index is 1.81. The molecule has 5 nitrogen and oxygen atoms in total. The van der Waals surface area contributed by atoms with Gasteiger partial charge in [0, 0.05) is 6.08 Å². The molecule has 0 radical (unpaired) electrons. The van der Waals surface area contributed by atoms with Gasteiger partial charge in [0.2, 0.25) is 0 Å². The topological polar surface area (TPSA) is 58.6 Å². The number of thiocarbonyl (C=S) groups is 1. The molecule has 3 heterocycles. The first-order valence-corrected chi connectivity index (χ1v) is 6.47. The first-order chi connectivity index (χ1) is 9.63. The smallest absolute Gasteiger partial charge is 0.277 e. The van der Waals surface area contributed by atoms with Gasteiger partial charge in [-0.25, -0.2) is 0 Å². The van der Waals surface area contributed by atoms with Crippen molar-refractivity contribution in [1.82, 2.24) is 10.2 Å². The summed E-state index contributed by atoms with van der Waals surface area (Å²) in [5.74, 6) is 1.89. The van der Waals surface area contributed by atoms with Gasteiger partial charge in [-0.05, 0) is 43.4 Å².